The van der Waals surface area contributed by atoms with E-state index in [9.17, 15) is 8.42 Å². The van der Waals surface area contributed by atoms with Crippen molar-refractivity contribution in [3.63, 3.8) is 0 Å². The van der Waals surface area contributed by atoms with Crippen LogP contribution in [0.1, 0.15) is 44.9 Å². The van der Waals surface area contributed by atoms with Crippen LogP contribution < -0.4 is 19.1 Å². The van der Waals surface area contributed by atoms with E-state index in [4.69, 9.17) is 9.72 Å². The van der Waals surface area contributed by atoms with Crippen LogP contribution in [0, 0.1) is 11.6 Å². The second-order valence-electron chi connectivity index (χ2n) is 12.9. The number of hydrogen-bond acceptors (Lipinski definition) is 8. The number of benzene rings is 2. The molecule has 8 rings (SSSR count). The maximum absolute atomic E-state index is 16.7. The van der Waals surface area contributed by atoms with E-state index >= 15 is 8.78 Å². The number of fused-ring (bicyclic) bond motifs is 3. The number of rotatable bonds is 5. The Bertz CT molecular complexity index is 1910. The highest BCUT2D eigenvalue weighted by Crippen LogP contribution is 2.41. The van der Waals surface area contributed by atoms with Crippen molar-refractivity contribution in [3.05, 3.63) is 54.2 Å². The van der Waals surface area contributed by atoms with Gasteiger partial charge in [0.25, 0.3) is 10.2 Å². The maximum atomic E-state index is 16.7. The Kier molecular flexibility index (Phi) is 6.93. The summed E-state index contributed by atoms with van der Waals surface area (Å²) in [7, 11) is -3.63. The summed E-state index contributed by atoms with van der Waals surface area (Å²) < 4.78 is 68.5. The monoisotopic (exact) mass is 635 g/mol. The fourth-order valence-electron chi connectivity index (χ4n) is 8.06. The first kappa shape index (κ1) is 28.9. The van der Waals surface area contributed by atoms with Gasteiger partial charge < -0.3 is 9.64 Å². The summed E-state index contributed by atoms with van der Waals surface area (Å²) in [5.74, 6) is -0.703. The third-order valence-electron chi connectivity index (χ3n) is 10.2. The van der Waals surface area contributed by atoms with Crippen LogP contribution >= 0.6 is 0 Å². The van der Waals surface area contributed by atoms with E-state index in [1.165, 1.54) is 12.3 Å². The second-order valence-corrected chi connectivity index (χ2v) is 14.4. The Morgan fingerprint density at radius 3 is 2.53 bits per heavy atom. The molecule has 0 amide bonds. The third kappa shape index (κ3) is 5.00. The molecule has 1 atom stereocenters. The molecular weight excluding hydrogens is 600 g/mol. The van der Waals surface area contributed by atoms with Crippen LogP contribution in [0.3, 0.4) is 0 Å². The fraction of sp³-hybridized carbons (Fsp3) is 0.469. The van der Waals surface area contributed by atoms with Crippen molar-refractivity contribution in [3.8, 4) is 17.3 Å². The summed E-state index contributed by atoms with van der Waals surface area (Å²) in [6.07, 6.45) is 7.82. The van der Waals surface area contributed by atoms with E-state index < -0.39 is 27.4 Å². The Morgan fingerprint density at radius 2 is 1.73 bits per heavy atom. The highest BCUT2D eigenvalue weighted by molar-refractivity contribution is 7.87. The zero-order valence-corrected chi connectivity index (χ0v) is 25.7. The van der Waals surface area contributed by atoms with Crippen molar-refractivity contribution < 1.29 is 21.9 Å². The molecule has 2 aromatic carbocycles. The van der Waals surface area contributed by atoms with E-state index in [0.717, 1.165) is 38.8 Å². The first-order valence-corrected chi connectivity index (χ1v) is 17.2. The molecule has 0 saturated carbocycles. The Hall–Kier alpha value is -3.52. The molecule has 0 radical (unpaired) electrons. The van der Waals surface area contributed by atoms with Gasteiger partial charge in [0.1, 0.15) is 29.5 Å². The van der Waals surface area contributed by atoms with Crippen molar-refractivity contribution in [1.82, 2.24) is 29.3 Å². The van der Waals surface area contributed by atoms with E-state index in [0.29, 0.717) is 67.7 Å². The van der Waals surface area contributed by atoms with E-state index in [1.54, 1.807) is 30.3 Å². The number of hydrogen-bond donors (Lipinski definition) is 2. The molecule has 0 bridgehead atoms. The van der Waals surface area contributed by atoms with Gasteiger partial charge >= 0.3 is 6.01 Å². The smallest absolute Gasteiger partial charge is 0.319 e. The fourth-order valence-corrected chi connectivity index (χ4v) is 9.35. The number of pyridine rings is 1. The standard InChI is InChI=1S/C32H35F2N7O3S/c33-24-9-2-7-21-6-1-8-22(25(21)24)27-26(34)28-23(18-35-27)29(40-15-3-10-31(19-40)13-14-36-45(42,43)39-31)38-30(37-28)44-20-32-11-4-16-41(32)17-5-12-32/h1-2,6-9,18,36,39H,3-5,10-17,19-20H2. The van der Waals surface area contributed by atoms with E-state index in [2.05, 4.69) is 24.3 Å². The summed E-state index contributed by atoms with van der Waals surface area (Å²) in [6, 6.07) is 10.0. The third-order valence-corrected chi connectivity index (χ3v) is 11.4. The molecule has 10 nitrogen and oxygen atoms in total. The van der Waals surface area contributed by atoms with Crippen LogP contribution in [-0.2, 0) is 10.2 Å². The molecule has 2 N–H and O–H groups in total. The Labute approximate surface area is 260 Å². The van der Waals surface area contributed by atoms with Crippen LogP contribution in [0.2, 0.25) is 0 Å². The highest BCUT2D eigenvalue weighted by Gasteiger charge is 2.45. The van der Waals surface area contributed by atoms with Crippen molar-refractivity contribution in [2.75, 3.05) is 44.2 Å². The van der Waals surface area contributed by atoms with Crippen LogP contribution in [-0.4, -0.2) is 78.7 Å². The number of nitrogens with zero attached hydrogens (tertiary/aromatic N) is 5. The molecule has 0 aliphatic carbocycles. The number of anilines is 1. The molecule has 45 heavy (non-hydrogen) atoms. The summed E-state index contributed by atoms with van der Waals surface area (Å²) in [6.45, 7) is 3.77. The molecule has 1 spiro atoms. The molecule has 2 aromatic heterocycles. The molecule has 13 heteroatoms. The van der Waals surface area contributed by atoms with E-state index in [1.807, 2.05) is 4.90 Å². The van der Waals surface area contributed by atoms with Crippen molar-refractivity contribution >= 4 is 37.7 Å². The molecule has 4 aliphatic rings. The summed E-state index contributed by atoms with van der Waals surface area (Å²) in [5, 5.41) is 1.31. The van der Waals surface area contributed by atoms with Gasteiger partial charge in [-0.1, -0.05) is 30.3 Å². The topological polar surface area (TPSA) is 113 Å². The van der Waals surface area contributed by atoms with Crippen LogP contribution in [0.4, 0.5) is 14.6 Å². The van der Waals surface area contributed by atoms with Gasteiger partial charge in [-0.3, -0.25) is 9.88 Å². The lowest BCUT2D eigenvalue weighted by molar-refractivity contribution is 0.108. The average Bonchev–Trinajstić information content (AvgIpc) is 3.60. The Morgan fingerprint density at radius 1 is 0.956 bits per heavy atom. The molecule has 6 heterocycles. The molecule has 1 unspecified atom stereocenters. The molecule has 4 aromatic rings. The van der Waals surface area contributed by atoms with Crippen molar-refractivity contribution in [1.29, 1.82) is 0 Å². The van der Waals surface area contributed by atoms with Gasteiger partial charge in [-0.25, -0.2) is 13.5 Å². The number of nitrogens with one attached hydrogen (secondary N) is 2. The highest BCUT2D eigenvalue weighted by atomic mass is 32.2. The molecule has 236 valence electrons. The summed E-state index contributed by atoms with van der Waals surface area (Å²) in [5.41, 5.74) is -0.388. The van der Waals surface area contributed by atoms with Crippen molar-refractivity contribution in [2.45, 2.75) is 56.0 Å². The van der Waals surface area contributed by atoms with Gasteiger partial charge in [-0.2, -0.15) is 23.1 Å². The van der Waals surface area contributed by atoms with Crippen molar-refractivity contribution in [2.24, 2.45) is 0 Å². The second kappa shape index (κ2) is 10.8. The molecule has 4 aliphatic heterocycles. The van der Waals surface area contributed by atoms with Gasteiger partial charge in [0.15, 0.2) is 5.82 Å². The van der Waals surface area contributed by atoms with Crippen LogP contribution in [0.15, 0.2) is 42.6 Å². The predicted molar refractivity (Wildman–Crippen MR) is 167 cm³/mol. The zero-order chi connectivity index (χ0) is 30.8. The lowest BCUT2D eigenvalue weighted by Crippen LogP contribution is -2.65. The van der Waals surface area contributed by atoms with Gasteiger partial charge in [0.05, 0.1) is 16.5 Å². The number of ether oxygens (including phenoxy) is 1. The Balaban J connectivity index is 1.24. The largest absolute Gasteiger partial charge is 0.461 e. The maximum Gasteiger partial charge on any atom is 0.319 e. The predicted octanol–water partition coefficient (Wildman–Crippen LogP) is 4.30. The molecule has 4 fully saturated rings. The minimum Gasteiger partial charge on any atom is -0.461 e. The minimum atomic E-state index is -3.63. The van der Waals surface area contributed by atoms with Gasteiger partial charge in [0.2, 0.25) is 0 Å². The van der Waals surface area contributed by atoms with Crippen LogP contribution in [0.5, 0.6) is 6.01 Å². The summed E-state index contributed by atoms with van der Waals surface area (Å²) in [4.78, 5) is 18.4. The average molecular weight is 636 g/mol. The molecular formula is C32H35F2N7O3S. The molecule has 4 saturated heterocycles. The minimum absolute atomic E-state index is 0.00798. The zero-order valence-electron chi connectivity index (χ0n) is 24.9. The first-order valence-electron chi connectivity index (χ1n) is 15.7. The quantitative estimate of drug-likeness (QED) is 0.334. The summed E-state index contributed by atoms with van der Waals surface area (Å²) >= 11 is 0. The number of halogens is 2. The van der Waals surface area contributed by atoms with Crippen LogP contribution in [0.25, 0.3) is 32.9 Å². The number of aromatic nitrogens is 3. The normalized spacial score (nSPS) is 24.4. The first-order chi connectivity index (χ1) is 21.7. The lowest BCUT2D eigenvalue weighted by Gasteiger charge is -2.45. The van der Waals surface area contributed by atoms with E-state index in [-0.39, 0.29) is 28.1 Å². The number of piperidine rings is 1. The lowest BCUT2D eigenvalue weighted by atomic mass is 9.86. The van der Waals surface area contributed by atoms with Gasteiger partial charge in [0, 0.05) is 36.8 Å². The van der Waals surface area contributed by atoms with Gasteiger partial charge in [-0.05, 0) is 69.5 Å². The SMILES string of the molecule is O=S1(=O)NCCC2(CCCN(c3nc(OCC45CCCN4CCC5)nc4c(F)c(-c5cccc6cccc(F)c56)ncc34)C2)N1. The van der Waals surface area contributed by atoms with Gasteiger partial charge in [-0.15, -0.1) is 0 Å².